The van der Waals surface area contributed by atoms with Crippen LogP contribution < -0.4 is 19.1 Å². The molecule has 1 aromatic heterocycles. The summed E-state index contributed by atoms with van der Waals surface area (Å²) in [6.45, 7) is 10.4. The van der Waals surface area contributed by atoms with Crippen LogP contribution >= 0.6 is 0 Å². The molecule has 3 heterocycles. The smallest absolute Gasteiger partial charge is 0.163 e. The zero-order valence-electron chi connectivity index (χ0n) is 18.8. The molecule has 0 bridgehead atoms. The number of fused-ring (bicyclic) bond motifs is 2. The number of imidazole rings is 1. The van der Waals surface area contributed by atoms with E-state index in [2.05, 4.69) is 37.5 Å². The number of benzene rings is 2. The maximum absolute atomic E-state index is 5.74. The lowest BCUT2D eigenvalue weighted by Crippen LogP contribution is -2.46. The van der Waals surface area contributed by atoms with Crippen LogP contribution in [-0.4, -0.2) is 67.0 Å². The van der Waals surface area contributed by atoms with Crippen molar-refractivity contribution in [3.63, 3.8) is 0 Å². The first kappa shape index (κ1) is 20.9. The normalized spacial score (nSPS) is 16.5. The van der Waals surface area contributed by atoms with Gasteiger partial charge in [0.1, 0.15) is 19.0 Å². The Balaban J connectivity index is 1.08. The van der Waals surface area contributed by atoms with Gasteiger partial charge in [0.05, 0.1) is 24.0 Å². The molecule has 0 unspecified atom stereocenters. The molecule has 3 aromatic rings. The minimum atomic E-state index is 0.632. The summed E-state index contributed by atoms with van der Waals surface area (Å²) < 4.78 is 19.3. The molecule has 1 fully saturated rings. The molecule has 0 saturated carbocycles. The molecule has 0 N–H and O–H groups in total. The third-order valence-electron chi connectivity index (χ3n) is 6.29. The molecule has 0 radical (unpaired) electrons. The van der Waals surface area contributed by atoms with E-state index < -0.39 is 0 Å². The van der Waals surface area contributed by atoms with Gasteiger partial charge in [-0.1, -0.05) is 0 Å². The van der Waals surface area contributed by atoms with Gasteiger partial charge in [-0.2, -0.15) is 0 Å². The lowest BCUT2D eigenvalue weighted by atomic mass is 10.2. The number of hydrogen-bond donors (Lipinski definition) is 0. The first-order chi connectivity index (χ1) is 15.8. The van der Waals surface area contributed by atoms with E-state index >= 15 is 0 Å². The molecule has 2 aliphatic rings. The van der Waals surface area contributed by atoms with Crippen LogP contribution in [0, 0.1) is 0 Å². The lowest BCUT2D eigenvalue weighted by molar-refractivity contribution is 0.171. The number of hydrogen-bond acceptors (Lipinski definition) is 6. The van der Waals surface area contributed by atoms with E-state index in [0.29, 0.717) is 19.8 Å². The lowest BCUT2D eigenvalue weighted by Gasteiger charge is -2.36. The fourth-order valence-electron chi connectivity index (χ4n) is 4.55. The van der Waals surface area contributed by atoms with Gasteiger partial charge in [0.15, 0.2) is 11.5 Å². The second kappa shape index (κ2) is 9.69. The first-order valence-corrected chi connectivity index (χ1v) is 11.7. The summed E-state index contributed by atoms with van der Waals surface area (Å²) in [5, 5.41) is 0. The summed E-state index contributed by atoms with van der Waals surface area (Å²) in [7, 11) is 0. The van der Waals surface area contributed by atoms with Crippen LogP contribution in [0.5, 0.6) is 17.2 Å². The highest BCUT2D eigenvalue weighted by Gasteiger charge is 2.19. The van der Waals surface area contributed by atoms with E-state index in [9.17, 15) is 0 Å². The monoisotopic (exact) mass is 436 g/mol. The van der Waals surface area contributed by atoms with Crippen LogP contribution in [0.25, 0.3) is 11.0 Å². The molecule has 5 rings (SSSR count). The van der Waals surface area contributed by atoms with Crippen molar-refractivity contribution in [2.24, 2.45) is 0 Å². The van der Waals surface area contributed by atoms with Gasteiger partial charge in [0.2, 0.25) is 0 Å². The highest BCUT2D eigenvalue weighted by molar-refractivity contribution is 5.77. The van der Waals surface area contributed by atoms with Crippen molar-refractivity contribution < 1.29 is 14.2 Å². The molecule has 7 nitrogen and oxygen atoms in total. The average molecular weight is 437 g/mol. The number of ether oxygens (including phenoxy) is 3. The van der Waals surface area contributed by atoms with Crippen molar-refractivity contribution in [2.45, 2.75) is 26.3 Å². The molecular weight excluding hydrogens is 404 g/mol. The zero-order chi connectivity index (χ0) is 21.8. The second-order valence-electron chi connectivity index (χ2n) is 8.39. The molecule has 0 amide bonds. The van der Waals surface area contributed by atoms with Crippen molar-refractivity contribution in [1.29, 1.82) is 0 Å². The van der Waals surface area contributed by atoms with Gasteiger partial charge in [-0.05, 0) is 50.6 Å². The van der Waals surface area contributed by atoms with Crippen molar-refractivity contribution >= 4 is 16.7 Å². The van der Waals surface area contributed by atoms with E-state index in [0.717, 1.165) is 74.0 Å². The molecule has 2 aliphatic heterocycles. The topological polar surface area (TPSA) is 52.0 Å². The Labute approximate surface area is 189 Å². The van der Waals surface area contributed by atoms with Crippen LogP contribution in [0.1, 0.15) is 19.8 Å². The van der Waals surface area contributed by atoms with Gasteiger partial charge in [0.25, 0.3) is 0 Å². The highest BCUT2D eigenvalue weighted by Crippen LogP contribution is 2.34. The molecule has 0 aliphatic carbocycles. The molecule has 0 spiro atoms. The molecule has 32 heavy (non-hydrogen) atoms. The Hall–Kier alpha value is -2.93. The second-order valence-corrected chi connectivity index (χ2v) is 8.39. The minimum absolute atomic E-state index is 0.632. The summed E-state index contributed by atoms with van der Waals surface area (Å²) in [6, 6.07) is 12.4. The molecule has 1 saturated heterocycles. The zero-order valence-corrected chi connectivity index (χ0v) is 18.8. The third-order valence-corrected chi connectivity index (χ3v) is 6.29. The van der Waals surface area contributed by atoms with Crippen LogP contribution in [-0.2, 0) is 6.54 Å². The van der Waals surface area contributed by atoms with E-state index in [1.807, 2.05) is 31.5 Å². The van der Waals surface area contributed by atoms with E-state index in [1.165, 1.54) is 12.1 Å². The van der Waals surface area contributed by atoms with Crippen molar-refractivity contribution in [2.75, 3.05) is 57.4 Å². The summed E-state index contributed by atoms with van der Waals surface area (Å²) in [5.41, 5.74) is 3.42. The molecule has 2 aromatic carbocycles. The number of nitrogens with zero attached hydrogens (tertiary/aromatic N) is 4. The molecule has 0 atom stereocenters. The number of piperazine rings is 1. The Morgan fingerprint density at radius 1 is 0.906 bits per heavy atom. The van der Waals surface area contributed by atoms with E-state index in [-0.39, 0.29) is 0 Å². The van der Waals surface area contributed by atoms with E-state index in [1.54, 1.807) is 0 Å². The van der Waals surface area contributed by atoms with Crippen LogP contribution in [0.15, 0.2) is 42.7 Å². The van der Waals surface area contributed by atoms with Crippen LogP contribution in [0.4, 0.5) is 5.69 Å². The summed E-state index contributed by atoms with van der Waals surface area (Å²) >= 11 is 0. The summed E-state index contributed by atoms with van der Waals surface area (Å²) in [6.07, 6.45) is 4.29. The van der Waals surface area contributed by atoms with Gasteiger partial charge in [-0.25, -0.2) is 4.98 Å². The highest BCUT2D eigenvalue weighted by atomic mass is 16.6. The maximum atomic E-state index is 5.74. The fourth-order valence-corrected chi connectivity index (χ4v) is 4.55. The number of rotatable bonds is 8. The van der Waals surface area contributed by atoms with Crippen LogP contribution in [0.3, 0.4) is 0 Å². The largest absolute Gasteiger partial charge is 0.494 e. The number of aryl methyl sites for hydroxylation is 1. The van der Waals surface area contributed by atoms with Crippen molar-refractivity contribution in [3.05, 3.63) is 42.7 Å². The predicted molar refractivity (Wildman–Crippen MR) is 126 cm³/mol. The fraction of sp³-hybridized carbons (Fsp3) is 0.480. The predicted octanol–water partition coefficient (Wildman–Crippen LogP) is 3.81. The number of anilines is 1. The summed E-state index contributed by atoms with van der Waals surface area (Å²) in [5.74, 6) is 2.65. The number of aromatic nitrogens is 2. The van der Waals surface area contributed by atoms with Gasteiger partial charge in [-0.3, -0.25) is 4.90 Å². The third kappa shape index (κ3) is 4.63. The quantitative estimate of drug-likeness (QED) is 0.501. The first-order valence-electron chi connectivity index (χ1n) is 11.7. The average Bonchev–Trinajstić information content (AvgIpc) is 3.24. The van der Waals surface area contributed by atoms with Gasteiger partial charge in [0, 0.05) is 50.5 Å². The van der Waals surface area contributed by atoms with Crippen molar-refractivity contribution in [3.8, 4) is 17.2 Å². The molecule has 170 valence electrons. The Morgan fingerprint density at radius 2 is 1.72 bits per heavy atom. The van der Waals surface area contributed by atoms with Gasteiger partial charge in [-0.15, -0.1) is 0 Å². The molecular formula is C25H32N4O3. The van der Waals surface area contributed by atoms with Crippen LogP contribution in [0.2, 0.25) is 0 Å². The minimum Gasteiger partial charge on any atom is -0.494 e. The number of unbranched alkanes of at least 4 members (excludes halogenated alkanes) is 1. The molecule has 7 heteroatoms. The standard InChI is InChI=1S/C25H32N4O3/c1-2-30-21-6-7-22-23(18-21)29(19-26-22)10-4-3-9-27-11-13-28(14-12-27)20-5-8-24-25(17-20)32-16-15-31-24/h5-8,17-19H,2-4,9-16H2,1H3. The SMILES string of the molecule is CCOc1ccc2ncn(CCCCN3CCN(c4ccc5c(c4)OCCO5)CC3)c2c1. The van der Waals surface area contributed by atoms with E-state index in [4.69, 9.17) is 14.2 Å². The van der Waals surface area contributed by atoms with Gasteiger partial charge < -0.3 is 23.7 Å². The Kier molecular flexibility index (Phi) is 6.34. The van der Waals surface area contributed by atoms with Crippen molar-refractivity contribution in [1.82, 2.24) is 14.5 Å². The Morgan fingerprint density at radius 3 is 2.56 bits per heavy atom. The van der Waals surface area contributed by atoms with Gasteiger partial charge >= 0.3 is 0 Å². The summed E-state index contributed by atoms with van der Waals surface area (Å²) in [4.78, 5) is 9.55. The Bertz CT molecular complexity index is 1040. The maximum Gasteiger partial charge on any atom is 0.163 e.